The third-order valence-electron chi connectivity index (χ3n) is 4.45. The van der Waals surface area contributed by atoms with E-state index >= 15 is 0 Å². The fourth-order valence-corrected chi connectivity index (χ4v) is 3.18. The monoisotopic (exact) mass is 365 g/mol. The van der Waals surface area contributed by atoms with Gasteiger partial charge in [-0.25, -0.2) is 9.97 Å². The number of imidazole rings is 2. The van der Waals surface area contributed by atoms with Crippen molar-refractivity contribution in [1.82, 2.24) is 24.1 Å². The lowest BCUT2D eigenvalue weighted by Gasteiger charge is -2.10. The smallest absolute Gasteiger partial charge is 0.235 e. The summed E-state index contributed by atoms with van der Waals surface area (Å²) in [5.41, 5.74) is 1.72. The zero-order valence-corrected chi connectivity index (χ0v) is 14.4. The number of aromatic nitrogens is 5. The summed E-state index contributed by atoms with van der Waals surface area (Å²) in [5, 5.41) is 30.7. The number of phenolic OH excluding ortho intramolecular Hbond substituents is 1. The van der Waals surface area contributed by atoms with Crippen LogP contribution in [0, 0.1) is 0 Å². The van der Waals surface area contributed by atoms with Crippen LogP contribution in [0.15, 0.2) is 55.4 Å². The Balaban J connectivity index is 1.76. The fraction of sp³-hybridized carbons (Fsp3) is 0.158. The van der Waals surface area contributed by atoms with E-state index in [9.17, 15) is 15.3 Å². The van der Waals surface area contributed by atoms with Crippen LogP contribution >= 0.6 is 0 Å². The highest BCUT2D eigenvalue weighted by atomic mass is 16.3. The molecule has 0 amide bonds. The highest BCUT2D eigenvalue weighted by Gasteiger charge is 2.25. The molecule has 0 unspecified atom stereocenters. The molecule has 0 bridgehead atoms. The molecule has 1 aromatic carbocycles. The van der Waals surface area contributed by atoms with E-state index in [2.05, 4.69) is 15.0 Å². The Labute approximate surface area is 155 Å². The van der Waals surface area contributed by atoms with Crippen LogP contribution in [-0.4, -0.2) is 39.4 Å². The van der Waals surface area contributed by atoms with Crippen molar-refractivity contribution in [3.8, 4) is 40.0 Å². The Morgan fingerprint density at radius 1 is 1.00 bits per heavy atom. The minimum Gasteiger partial charge on any atom is -0.508 e. The maximum Gasteiger partial charge on any atom is 0.235 e. The van der Waals surface area contributed by atoms with Gasteiger partial charge in [-0.15, -0.1) is 0 Å². The summed E-state index contributed by atoms with van der Waals surface area (Å²) in [4.78, 5) is 11.4. The summed E-state index contributed by atoms with van der Waals surface area (Å²) < 4.78 is 3.60. The number of aromatic hydroxyl groups is 3. The molecule has 0 radical (unpaired) electrons. The van der Waals surface area contributed by atoms with Crippen molar-refractivity contribution in [2.24, 2.45) is 0 Å². The fourth-order valence-electron chi connectivity index (χ4n) is 3.18. The van der Waals surface area contributed by atoms with Gasteiger partial charge < -0.3 is 29.4 Å². The van der Waals surface area contributed by atoms with E-state index < -0.39 is 0 Å². The maximum atomic E-state index is 10.6. The van der Waals surface area contributed by atoms with Gasteiger partial charge in [-0.2, -0.15) is 0 Å². The summed E-state index contributed by atoms with van der Waals surface area (Å²) in [6.07, 6.45) is 9.36. The zero-order valence-electron chi connectivity index (χ0n) is 14.4. The predicted molar refractivity (Wildman–Crippen MR) is 99.3 cm³/mol. The van der Waals surface area contributed by atoms with E-state index in [1.165, 1.54) is 12.1 Å². The van der Waals surface area contributed by atoms with E-state index in [0.717, 1.165) is 13.0 Å². The first-order valence-corrected chi connectivity index (χ1v) is 8.54. The summed E-state index contributed by atoms with van der Waals surface area (Å²) in [5.74, 6) is 0.239. The zero-order chi connectivity index (χ0) is 18.8. The second-order valence-corrected chi connectivity index (χ2v) is 6.19. The molecule has 27 heavy (non-hydrogen) atoms. The second kappa shape index (κ2) is 6.91. The molecule has 0 fully saturated rings. The maximum absolute atomic E-state index is 10.6. The van der Waals surface area contributed by atoms with E-state index in [0.29, 0.717) is 29.2 Å². The number of aryl methyl sites for hydroxylation is 1. The van der Waals surface area contributed by atoms with Gasteiger partial charge in [0.15, 0.2) is 11.6 Å². The van der Waals surface area contributed by atoms with Crippen LogP contribution < -0.4 is 0 Å². The molecular formula is C19H19N5O3. The van der Waals surface area contributed by atoms with E-state index in [1.807, 2.05) is 10.8 Å². The number of benzene rings is 1. The van der Waals surface area contributed by atoms with Gasteiger partial charge in [0.25, 0.3) is 0 Å². The topological polar surface area (TPSA) is 112 Å². The van der Waals surface area contributed by atoms with Gasteiger partial charge >= 0.3 is 0 Å². The Bertz CT molecular complexity index is 1020. The van der Waals surface area contributed by atoms with E-state index in [-0.39, 0.29) is 17.4 Å². The standard InChI is InChI=1S/C19H19N5O3/c25-14-4-2-13(3-5-14)15-16(18-21-6-7-22-18)24(19(27)17(15)26)10-1-9-23-11-8-20-12-23/h2-8,11-12,25-27H,1,9-10H2,(H,21,22). The van der Waals surface area contributed by atoms with Crippen molar-refractivity contribution in [1.29, 1.82) is 0 Å². The van der Waals surface area contributed by atoms with Gasteiger partial charge in [-0.1, -0.05) is 12.1 Å². The average molecular weight is 365 g/mol. The number of aromatic amines is 1. The molecular weight excluding hydrogens is 346 g/mol. The van der Waals surface area contributed by atoms with Gasteiger partial charge in [-0.05, 0) is 24.1 Å². The van der Waals surface area contributed by atoms with E-state index in [1.54, 1.807) is 41.6 Å². The van der Waals surface area contributed by atoms with Crippen molar-refractivity contribution >= 4 is 0 Å². The molecule has 8 heteroatoms. The third kappa shape index (κ3) is 3.12. The van der Waals surface area contributed by atoms with Crippen LogP contribution in [0.3, 0.4) is 0 Å². The first-order chi connectivity index (χ1) is 13.1. The molecule has 8 nitrogen and oxygen atoms in total. The van der Waals surface area contributed by atoms with Gasteiger partial charge in [0.1, 0.15) is 5.75 Å². The first-order valence-electron chi connectivity index (χ1n) is 8.54. The Kier molecular flexibility index (Phi) is 4.29. The number of nitrogens with one attached hydrogen (secondary N) is 1. The SMILES string of the molecule is Oc1ccc(-c2c(O)c(O)n(CCCn3ccnc3)c2-c2ncc[nH]2)cc1. The molecule has 0 aliphatic carbocycles. The van der Waals surface area contributed by atoms with Crippen molar-refractivity contribution in [3.63, 3.8) is 0 Å². The van der Waals surface area contributed by atoms with Crippen LogP contribution in [0.5, 0.6) is 17.4 Å². The average Bonchev–Trinajstić information content (AvgIpc) is 3.41. The summed E-state index contributed by atoms with van der Waals surface area (Å²) in [7, 11) is 0. The van der Waals surface area contributed by atoms with Gasteiger partial charge in [-0.3, -0.25) is 0 Å². The summed E-state index contributed by atoms with van der Waals surface area (Å²) in [6, 6.07) is 6.44. The Hall–Kier alpha value is -3.68. The minimum absolute atomic E-state index is 0.127. The largest absolute Gasteiger partial charge is 0.508 e. The van der Waals surface area contributed by atoms with Gasteiger partial charge in [0.05, 0.1) is 17.6 Å². The number of hydrogen-bond acceptors (Lipinski definition) is 5. The van der Waals surface area contributed by atoms with Crippen molar-refractivity contribution in [2.45, 2.75) is 19.5 Å². The van der Waals surface area contributed by atoms with Gasteiger partial charge in [0.2, 0.25) is 5.88 Å². The molecule has 3 heterocycles. The molecule has 4 aromatic rings. The third-order valence-corrected chi connectivity index (χ3v) is 4.45. The quantitative estimate of drug-likeness (QED) is 0.420. The second-order valence-electron chi connectivity index (χ2n) is 6.19. The lowest BCUT2D eigenvalue weighted by Crippen LogP contribution is -2.05. The normalized spacial score (nSPS) is 11.1. The molecule has 4 N–H and O–H groups in total. The molecule has 0 saturated carbocycles. The Morgan fingerprint density at radius 2 is 1.81 bits per heavy atom. The Morgan fingerprint density at radius 3 is 2.48 bits per heavy atom. The molecule has 138 valence electrons. The summed E-state index contributed by atoms with van der Waals surface area (Å²) >= 11 is 0. The van der Waals surface area contributed by atoms with Crippen LogP contribution in [0.2, 0.25) is 0 Å². The molecule has 0 spiro atoms. The molecule has 0 aliphatic rings. The summed E-state index contributed by atoms with van der Waals surface area (Å²) in [6.45, 7) is 1.20. The highest BCUT2D eigenvalue weighted by Crippen LogP contribution is 2.46. The number of H-pyrrole nitrogens is 1. The van der Waals surface area contributed by atoms with E-state index in [4.69, 9.17) is 0 Å². The van der Waals surface area contributed by atoms with Gasteiger partial charge in [0, 0.05) is 37.9 Å². The highest BCUT2D eigenvalue weighted by molar-refractivity contribution is 5.86. The number of rotatable bonds is 6. The lowest BCUT2D eigenvalue weighted by atomic mass is 10.0. The number of nitrogens with zero attached hydrogens (tertiary/aromatic N) is 4. The lowest BCUT2D eigenvalue weighted by molar-refractivity contribution is 0.368. The predicted octanol–water partition coefficient (Wildman–Crippen LogP) is 2.95. The number of phenols is 1. The minimum atomic E-state index is -0.213. The van der Waals surface area contributed by atoms with Crippen molar-refractivity contribution in [3.05, 3.63) is 55.4 Å². The molecule has 4 rings (SSSR count). The first kappa shape index (κ1) is 16.8. The molecule has 0 aliphatic heterocycles. The van der Waals surface area contributed by atoms with Crippen LogP contribution in [-0.2, 0) is 13.1 Å². The van der Waals surface area contributed by atoms with Crippen molar-refractivity contribution < 1.29 is 15.3 Å². The van der Waals surface area contributed by atoms with Crippen molar-refractivity contribution in [2.75, 3.05) is 0 Å². The van der Waals surface area contributed by atoms with Crippen LogP contribution in [0.1, 0.15) is 6.42 Å². The molecule has 0 saturated heterocycles. The number of hydrogen-bond donors (Lipinski definition) is 4. The molecule has 0 atom stereocenters. The van der Waals surface area contributed by atoms with Crippen LogP contribution in [0.25, 0.3) is 22.6 Å². The molecule has 3 aromatic heterocycles. The van der Waals surface area contributed by atoms with Crippen LogP contribution in [0.4, 0.5) is 0 Å².